The smallest absolute Gasteiger partial charge is 0.248 e. The molecular weight excluding hydrogens is 252 g/mol. The van der Waals surface area contributed by atoms with E-state index >= 15 is 0 Å². The van der Waals surface area contributed by atoms with Crippen LogP contribution in [0.5, 0.6) is 0 Å². The molecule has 0 bridgehead atoms. The van der Waals surface area contributed by atoms with Crippen LogP contribution < -0.4 is 11.1 Å². The summed E-state index contributed by atoms with van der Waals surface area (Å²) in [6, 6.07) is 7.72. The number of hydrogen-bond donors (Lipinski definition) is 3. The highest BCUT2D eigenvalue weighted by molar-refractivity contribution is 7.99. The van der Waals surface area contributed by atoms with E-state index in [1.165, 1.54) is 0 Å². The summed E-state index contributed by atoms with van der Waals surface area (Å²) in [7, 11) is 0. The monoisotopic (exact) mass is 266 g/mol. The molecule has 96 valence electrons. The summed E-state index contributed by atoms with van der Waals surface area (Å²) in [5.41, 5.74) is 5.90. The van der Waals surface area contributed by atoms with Crippen molar-refractivity contribution in [1.29, 1.82) is 0 Å². The zero-order valence-electron chi connectivity index (χ0n) is 9.63. The maximum absolute atomic E-state index is 11.9. The zero-order valence-corrected chi connectivity index (χ0v) is 10.4. The van der Waals surface area contributed by atoms with Crippen LogP contribution in [0.4, 0.5) is 0 Å². The van der Waals surface area contributed by atoms with Gasteiger partial charge in [0.1, 0.15) is 6.10 Å². The number of aliphatic hydroxyl groups excluding tert-OH is 1. The fourth-order valence-corrected chi connectivity index (χ4v) is 3.03. The quantitative estimate of drug-likeness (QED) is 0.706. The molecule has 2 rings (SSSR count). The maximum Gasteiger partial charge on any atom is 0.248 e. The minimum Gasteiger partial charge on any atom is -0.381 e. The molecule has 2 unspecified atom stereocenters. The number of carbonyl (C=O) groups is 2. The molecule has 2 amide bonds. The SMILES string of the molecule is NC(=O)C(O)CNC(=O)C1CSc2ccccc21. The number of rotatable bonds is 4. The summed E-state index contributed by atoms with van der Waals surface area (Å²) in [6.07, 6.45) is -1.33. The van der Waals surface area contributed by atoms with Crippen LogP contribution >= 0.6 is 11.8 Å². The third-order valence-electron chi connectivity index (χ3n) is 2.81. The molecular formula is C12H14N2O3S. The van der Waals surface area contributed by atoms with Crippen LogP contribution in [0.2, 0.25) is 0 Å². The average Bonchev–Trinajstić information content (AvgIpc) is 2.79. The number of amides is 2. The number of carbonyl (C=O) groups excluding carboxylic acids is 2. The molecule has 0 saturated carbocycles. The van der Waals surface area contributed by atoms with Crippen molar-refractivity contribution in [3.63, 3.8) is 0 Å². The van der Waals surface area contributed by atoms with Gasteiger partial charge in [0.25, 0.3) is 0 Å². The summed E-state index contributed by atoms with van der Waals surface area (Å²) in [5.74, 6) is -0.576. The lowest BCUT2D eigenvalue weighted by Gasteiger charge is -2.13. The first kappa shape index (κ1) is 12.9. The number of fused-ring (bicyclic) bond motifs is 1. The van der Waals surface area contributed by atoms with Crippen molar-refractivity contribution < 1.29 is 14.7 Å². The van der Waals surface area contributed by atoms with E-state index in [0.29, 0.717) is 5.75 Å². The Bertz CT molecular complexity index is 478. The van der Waals surface area contributed by atoms with Crippen molar-refractivity contribution in [2.75, 3.05) is 12.3 Å². The molecule has 1 aliphatic rings. The van der Waals surface area contributed by atoms with E-state index in [4.69, 9.17) is 5.73 Å². The molecule has 5 nitrogen and oxygen atoms in total. The Morgan fingerprint density at radius 1 is 1.50 bits per heavy atom. The first-order valence-corrected chi connectivity index (χ1v) is 6.55. The first-order valence-electron chi connectivity index (χ1n) is 5.56. The Hall–Kier alpha value is -1.53. The van der Waals surface area contributed by atoms with E-state index in [2.05, 4.69) is 5.32 Å². The lowest BCUT2D eigenvalue weighted by atomic mass is 10.0. The van der Waals surface area contributed by atoms with Crippen molar-refractivity contribution in [2.45, 2.75) is 16.9 Å². The Balaban J connectivity index is 1.97. The second kappa shape index (κ2) is 5.41. The number of thioether (sulfide) groups is 1. The van der Waals surface area contributed by atoms with Gasteiger partial charge in [0, 0.05) is 10.6 Å². The van der Waals surface area contributed by atoms with E-state index in [-0.39, 0.29) is 18.4 Å². The van der Waals surface area contributed by atoms with Gasteiger partial charge in [0.2, 0.25) is 11.8 Å². The van der Waals surface area contributed by atoms with Gasteiger partial charge in [-0.15, -0.1) is 11.8 Å². The molecule has 0 aromatic heterocycles. The second-order valence-corrected chi connectivity index (χ2v) is 5.13. The highest BCUT2D eigenvalue weighted by atomic mass is 32.2. The van der Waals surface area contributed by atoms with Crippen molar-refractivity contribution in [1.82, 2.24) is 5.32 Å². The summed E-state index contributed by atoms with van der Waals surface area (Å²) in [5, 5.41) is 11.8. The van der Waals surface area contributed by atoms with Crippen LogP contribution in [-0.2, 0) is 9.59 Å². The molecule has 6 heteroatoms. The normalized spacial score (nSPS) is 19.1. The predicted molar refractivity (Wildman–Crippen MR) is 68.1 cm³/mol. The van der Waals surface area contributed by atoms with Crippen molar-refractivity contribution in [3.8, 4) is 0 Å². The fraction of sp³-hybridized carbons (Fsp3) is 0.333. The van der Waals surface area contributed by atoms with Crippen LogP contribution in [0.15, 0.2) is 29.2 Å². The number of nitrogens with one attached hydrogen (secondary N) is 1. The van der Waals surface area contributed by atoms with Crippen molar-refractivity contribution >= 4 is 23.6 Å². The molecule has 1 aromatic carbocycles. The summed E-state index contributed by atoms with van der Waals surface area (Å²) in [6.45, 7) is -0.141. The molecule has 0 aliphatic carbocycles. The Morgan fingerprint density at radius 3 is 2.94 bits per heavy atom. The summed E-state index contributed by atoms with van der Waals surface area (Å²) < 4.78 is 0. The predicted octanol–water partition coefficient (Wildman–Crippen LogP) is -0.162. The maximum atomic E-state index is 11.9. The largest absolute Gasteiger partial charge is 0.381 e. The van der Waals surface area contributed by atoms with E-state index in [0.717, 1.165) is 10.5 Å². The average molecular weight is 266 g/mol. The topological polar surface area (TPSA) is 92.4 Å². The lowest BCUT2D eigenvalue weighted by molar-refractivity contribution is -0.127. The van der Waals surface area contributed by atoms with Crippen molar-refractivity contribution in [2.24, 2.45) is 5.73 Å². The van der Waals surface area contributed by atoms with E-state index in [1.54, 1.807) is 11.8 Å². The molecule has 0 saturated heterocycles. The van der Waals surface area contributed by atoms with Crippen LogP contribution in [0.3, 0.4) is 0 Å². The van der Waals surface area contributed by atoms with Gasteiger partial charge in [-0.1, -0.05) is 18.2 Å². The van der Waals surface area contributed by atoms with Gasteiger partial charge in [-0.05, 0) is 11.6 Å². The van der Waals surface area contributed by atoms with Gasteiger partial charge in [0.15, 0.2) is 0 Å². The molecule has 0 spiro atoms. The Labute approximate surface area is 109 Å². The standard InChI is InChI=1S/C12H14N2O3S/c13-11(16)9(15)5-14-12(17)8-6-18-10-4-2-1-3-7(8)10/h1-4,8-9,15H,5-6H2,(H2,13,16)(H,14,17). The molecule has 0 radical (unpaired) electrons. The fourth-order valence-electron chi connectivity index (χ4n) is 1.80. The van der Waals surface area contributed by atoms with Gasteiger partial charge in [0.05, 0.1) is 12.5 Å². The van der Waals surface area contributed by atoms with Crippen LogP contribution in [-0.4, -0.2) is 35.3 Å². The summed E-state index contributed by atoms with van der Waals surface area (Å²) in [4.78, 5) is 23.7. The van der Waals surface area contributed by atoms with Gasteiger partial charge in [-0.2, -0.15) is 0 Å². The minimum absolute atomic E-state index is 0.141. The number of primary amides is 1. The van der Waals surface area contributed by atoms with E-state index in [1.807, 2.05) is 24.3 Å². The van der Waals surface area contributed by atoms with Gasteiger partial charge in [-0.3, -0.25) is 9.59 Å². The minimum atomic E-state index is -1.33. The van der Waals surface area contributed by atoms with Crippen LogP contribution in [0.1, 0.15) is 11.5 Å². The third kappa shape index (κ3) is 2.65. The van der Waals surface area contributed by atoms with Gasteiger partial charge >= 0.3 is 0 Å². The highest BCUT2D eigenvalue weighted by Gasteiger charge is 2.29. The van der Waals surface area contributed by atoms with E-state index in [9.17, 15) is 14.7 Å². The van der Waals surface area contributed by atoms with Crippen LogP contribution in [0.25, 0.3) is 0 Å². The molecule has 1 heterocycles. The van der Waals surface area contributed by atoms with Gasteiger partial charge in [-0.25, -0.2) is 0 Å². The third-order valence-corrected chi connectivity index (χ3v) is 4.00. The molecule has 1 aromatic rings. The second-order valence-electron chi connectivity index (χ2n) is 4.06. The molecule has 1 aliphatic heterocycles. The summed E-state index contributed by atoms with van der Waals surface area (Å²) >= 11 is 1.63. The Morgan fingerprint density at radius 2 is 2.22 bits per heavy atom. The number of aliphatic hydroxyl groups is 1. The van der Waals surface area contributed by atoms with Gasteiger partial charge < -0.3 is 16.2 Å². The van der Waals surface area contributed by atoms with E-state index < -0.39 is 12.0 Å². The number of benzene rings is 1. The molecule has 18 heavy (non-hydrogen) atoms. The van der Waals surface area contributed by atoms with Crippen LogP contribution in [0, 0.1) is 0 Å². The lowest BCUT2D eigenvalue weighted by Crippen LogP contribution is -2.41. The zero-order chi connectivity index (χ0) is 13.1. The highest BCUT2D eigenvalue weighted by Crippen LogP contribution is 2.39. The Kier molecular flexibility index (Phi) is 3.88. The number of nitrogens with two attached hydrogens (primary N) is 1. The molecule has 2 atom stereocenters. The first-order chi connectivity index (χ1) is 8.59. The molecule has 4 N–H and O–H groups in total. The molecule has 0 fully saturated rings. The number of hydrogen-bond acceptors (Lipinski definition) is 4. The van der Waals surface area contributed by atoms with Crippen molar-refractivity contribution in [3.05, 3.63) is 29.8 Å².